The average molecular weight is 382 g/mol. The summed E-state index contributed by atoms with van der Waals surface area (Å²) in [6, 6.07) is 0.265. The molecule has 1 heterocycles. The number of hydrogen-bond acceptors (Lipinski definition) is 5. The van der Waals surface area contributed by atoms with Crippen LogP contribution >= 0.6 is 11.8 Å². The number of anilines is 1. The van der Waals surface area contributed by atoms with Crippen molar-refractivity contribution < 1.29 is 9.90 Å². The van der Waals surface area contributed by atoms with E-state index in [0.29, 0.717) is 22.6 Å². The van der Waals surface area contributed by atoms with Crippen molar-refractivity contribution in [2.24, 2.45) is 23.2 Å². The van der Waals surface area contributed by atoms with Gasteiger partial charge in [0.15, 0.2) is 0 Å². The quantitative estimate of drug-likeness (QED) is 0.733. The van der Waals surface area contributed by atoms with Gasteiger partial charge < -0.3 is 10.4 Å². The Bertz CT molecular complexity index is 716. The van der Waals surface area contributed by atoms with Gasteiger partial charge in [0.2, 0.25) is 0 Å². The van der Waals surface area contributed by atoms with Gasteiger partial charge in [0.05, 0.1) is 16.8 Å². The molecule has 6 nitrogen and oxygen atoms in total. The number of carboxylic acid groups (broad SMARTS) is 1. The van der Waals surface area contributed by atoms with E-state index in [-0.39, 0.29) is 17.0 Å². The molecule has 0 aliphatic heterocycles. The van der Waals surface area contributed by atoms with Gasteiger partial charge in [-0.3, -0.25) is 9.59 Å². The van der Waals surface area contributed by atoms with Crippen LogP contribution in [0.2, 0.25) is 0 Å². The summed E-state index contributed by atoms with van der Waals surface area (Å²) >= 11 is 1.43. The van der Waals surface area contributed by atoms with Gasteiger partial charge in [-0.15, -0.1) is 11.8 Å². The fraction of sp³-hybridized carbons (Fsp3) is 0.737. The van der Waals surface area contributed by atoms with Gasteiger partial charge in [0, 0.05) is 6.04 Å². The van der Waals surface area contributed by atoms with E-state index in [9.17, 15) is 9.59 Å². The molecule has 0 amide bonds. The summed E-state index contributed by atoms with van der Waals surface area (Å²) in [7, 11) is 0. The standard InChI is InChI=1S/C19H31N3O3S/c1-7-26-17-15(9-20-22(18(17)25)10-16(23)24)21-14-8-11(2)19(5,6)13(4)12(14)3/h9,11-14,21H,7-8,10H2,1-6H3,(H,23,24)/t11-,12+,13+,14+/m0/s1. The van der Waals surface area contributed by atoms with Crippen molar-refractivity contribution in [1.29, 1.82) is 0 Å². The maximum Gasteiger partial charge on any atom is 0.325 e. The fourth-order valence-corrected chi connectivity index (χ4v) is 4.65. The van der Waals surface area contributed by atoms with Crippen molar-refractivity contribution in [2.45, 2.75) is 65.4 Å². The Morgan fingerprint density at radius 2 is 2.08 bits per heavy atom. The maximum atomic E-state index is 12.6. The van der Waals surface area contributed by atoms with Crippen LogP contribution in [0.3, 0.4) is 0 Å². The van der Waals surface area contributed by atoms with Crippen LogP contribution in [0.4, 0.5) is 5.69 Å². The normalized spacial score (nSPS) is 27.9. The summed E-state index contributed by atoms with van der Waals surface area (Å²) in [6.45, 7) is 13.1. The summed E-state index contributed by atoms with van der Waals surface area (Å²) in [5, 5.41) is 16.6. The molecule has 1 saturated carbocycles. The van der Waals surface area contributed by atoms with Crippen molar-refractivity contribution in [3.05, 3.63) is 16.6 Å². The van der Waals surface area contributed by atoms with Crippen LogP contribution in [0.5, 0.6) is 0 Å². The van der Waals surface area contributed by atoms with Gasteiger partial charge in [0.25, 0.3) is 5.56 Å². The van der Waals surface area contributed by atoms with E-state index in [2.05, 4.69) is 45.0 Å². The SMILES string of the molecule is CCSc1c(N[C@@H]2C[C@H](C)C(C)(C)[C@H](C)[C@H]2C)cnn(CC(=O)O)c1=O. The van der Waals surface area contributed by atoms with Crippen LogP contribution in [0.25, 0.3) is 0 Å². The molecule has 146 valence electrons. The number of carbonyl (C=O) groups is 1. The zero-order chi connectivity index (χ0) is 19.6. The number of nitrogens with one attached hydrogen (secondary N) is 1. The van der Waals surface area contributed by atoms with Gasteiger partial charge >= 0.3 is 5.97 Å². The minimum absolute atomic E-state index is 0.265. The van der Waals surface area contributed by atoms with Crippen LogP contribution in [-0.2, 0) is 11.3 Å². The van der Waals surface area contributed by atoms with E-state index in [1.54, 1.807) is 6.20 Å². The second-order valence-electron chi connectivity index (χ2n) is 8.03. The van der Waals surface area contributed by atoms with Crippen LogP contribution in [0, 0.1) is 23.2 Å². The molecule has 0 saturated heterocycles. The van der Waals surface area contributed by atoms with E-state index in [0.717, 1.165) is 22.5 Å². The minimum Gasteiger partial charge on any atom is -0.480 e. The van der Waals surface area contributed by atoms with Crippen molar-refractivity contribution in [2.75, 3.05) is 11.1 Å². The minimum atomic E-state index is -1.07. The average Bonchev–Trinajstić information content (AvgIpc) is 2.56. The molecule has 0 bridgehead atoms. The molecule has 2 rings (SSSR count). The zero-order valence-corrected chi connectivity index (χ0v) is 17.4. The van der Waals surface area contributed by atoms with Gasteiger partial charge in [0.1, 0.15) is 6.54 Å². The molecular formula is C19H31N3O3S. The number of carboxylic acids is 1. The molecule has 0 unspecified atom stereocenters. The highest BCUT2D eigenvalue weighted by molar-refractivity contribution is 7.99. The highest BCUT2D eigenvalue weighted by Gasteiger charge is 2.43. The Morgan fingerprint density at radius 1 is 1.42 bits per heavy atom. The van der Waals surface area contributed by atoms with Gasteiger partial charge in [-0.25, -0.2) is 4.68 Å². The largest absolute Gasteiger partial charge is 0.480 e. The molecule has 26 heavy (non-hydrogen) atoms. The zero-order valence-electron chi connectivity index (χ0n) is 16.6. The van der Waals surface area contributed by atoms with Crippen molar-refractivity contribution in [3.8, 4) is 0 Å². The lowest BCUT2D eigenvalue weighted by Gasteiger charge is -2.50. The first-order chi connectivity index (χ1) is 12.1. The highest BCUT2D eigenvalue weighted by atomic mass is 32.2. The first-order valence-corrected chi connectivity index (χ1v) is 10.3. The number of hydrogen-bond donors (Lipinski definition) is 2. The molecule has 2 N–H and O–H groups in total. The lowest BCUT2D eigenvalue weighted by atomic mass is 9.58. The number of aromatic nitrogens is 2. The molecule has 1 aromatic heterocycles. The van der Waals surface area contributed by atoms with E-state index in [4.69, 9.17) is 5.11 Å². The molecule has 1 aliphatic carbocycles. The number of aliphatic carboxylic acids is 1. The first kappa shape index (κ1) is 20.8. The summed E-state index contributed by atoms with van der Waals surface area (Å²) < 4.78 is 1.02. The Labute approximate surface area is 159 Å². The number of rotatable bonds is 6. The molecule has 0 aromatic carbocycles. The van der Waals surface area contributed by atoms with Gasteiger partial charge in [-0.2, -0.15) is 5.10 Å². The molecular weight excluding hydrogens is 350 g/mol. The third kappa shape index (κ3) is 4.08. The van der Waals surface area contributed by atoms with Crippen LogP contribution in [0.15, 0.2) is 15.9 Å². The Balaban J connectivity index is 2.32. The predicted molar refractivity (Wildman–Crippen MR) is 106 cm³/mol. The van der Waals surface area contributed by atoms with Crippen LogP contribution in [-0.4, -0.2) is 32.7 Å². The summed E-state index contributed by atoms with van der Waals surface area (Å²) in [6.07, 6.45) is 2.64. The second-order valence-corrected chi connectivity index (χ2v) is 9.31. The molecule has 0 spiro atoms. The monoisotopic (exact) mass is 381 g/mol. The summed E-state index contributed by atoms with van der Waals surface area (Å²) in [5.74, 6) is 1.24. The molecule has 0 radical (unpaired) electrons. The third-order valence-electron chi connectivity index (χ3n) is 6.39. The van der Waals surface area contributed by atoms with Crippen molar-refractivity contribution in [1.82, 2.24) is 9.78 Å². The molecule has 1 fully saturated rings. The van der Waals surface area contributed by atoms with Gasteiger partial charge in [-0.1, -0.05) is 41.5 Å². The lowest BCUT2D eigenvalue weighted by molar-refractivity contribution is -0.138. The molecule has 7 heteroatoms. The van der Waals surface area contributed by atoms with Crippen LogP contribution < -0.4 is 10.9 Å². The van der Waals surface area contributed by atoms with Crippen molar-refractivity contribution in [3.63, 3.8) is 0 Å². The predicted octanol–water partition coefficient (Wildman–Crippen LogP) is 3.56. The van der Waals surface area contributed by atoms with E-state index >= 15 is 0 Å². The topological polar surface area (TPSA) is 84.2 Å². The van der Waals surface area contributed by atoms with E-state index < -0.39 is 12.5 Å². The number of thioether (sulfide) groups is 1. The Morgan fingerprint density at radius 3 is 2.65 bits per heavy atom. The highest BCUT2D eigenvalue weighted by Crippen LogP contribution is 2.48. The third-order valence-corrected chi connectivity index (χ3v) is 7.36. The molecule has 4 atom stereocenters. The Hall–Kier alpha value is -1.50. The van der Waals surface area contributed by atoms with E-state index in [1.807, 2.05) is 6.92 Å². The van der Waals surface area contributed by atoms with E-state index in [1.165, 1.54) is 11.8 Å². The summed E-state index contributed by atoms with van der Waals surface area (Å²) in [5.41, 5.74) is 0.662. The van der Waals surface area contributed by atoms with Crippen LogP contribution in [0.1, 0.15) is 48.0 Å². The van der Waals surface area contributed by atoms with Crippen molar-refractivity contribution >= 4 is 23.4 Å². The lowest BCUT2D eigenvalue weighted by Crippen LogP contribution is -2.48. The molecule has 1 aliphatic rings. The smallest absolute Gasteiger partial charge is 0.325 e. The Kier molecular flexibility index (Phi) is 6.42. The van der Waals surface area contributed by atoms with Gasteiger partial charge in [-0.05, 0) is 35.3 Å². The maximum absolute atomic E-state index is 12.6. The number of nitrogens with zero attached hydrogens (tertiary/aromatic N) is 2. The molecule has 1 aromatic rings. The second kappa shape index (κ2) is 8.03. The first-order valence-electron chi connectivity index (χ1n) is 9.30. The fourth-order valence-electron chi connectivity index (χ4n) is 3.86. The summed E-state index contributed by atoms with van der Waals surface area (Å²) in [4.78, 5) is 24.1.